The predicted octanol–water partition coefficient (Wildman–Crippen LogP) is 2.52. The van der Waals surface area contributed by atoms with Crippen molar-refractivity contribution in [3.05, 3.63) is 71.3 Å². The van der Waals surface area contributed by atoms with Gasteiger partial charge in [-0.25, -0.2) is 0 Å². The second-order valence-corrected chi connectivity index (χ2v) is 6.43. The molecule has 1 aliphatic rings. The molecule has 2 aromatic carbocycles. The molecule has 0 aliphatic carbocycles. The van der Waals surface area contributed by atoms with E-state index in [0.717, 1.165) is 31.5 Å². The third-order valence-electron chi connectivity index (χ3n) is 4.75. The van der Waals surface area contributed by atoms with Gasteiger partial charge in [0.15, 0.2) is 0 Å². The number of nitrogens with zero attached hydrogens (tertiary/aromatic N) is 1. The standard InChI is InChI=1S/C21H26N2O2/c24-16-6-13-22-14-11-20(25)23-15-12-17-7-4-5-10-19(17)21(23)18-8-2-1-3-9-18/h1-5,7-10,21-22,24H,6,11-16H2/t21-/m0/s1. The van der Waals surface area contributed by atoms with Crippen molar-refractivity contribution in [2.45, 2.75) is 25.3 Å². The minimum absolute atomic E-state index is 0.00362. The Morgan fingerprint density at radius 1 is 1.08 bits per heavy atom. The van der Waals surface area contributed by atoms with Gasteiger partial charge in [0.2, 0.25) is 5.91 Å². The number of aliphatic hydroxyl groups excluding tert-OH is 1. The minimum Gasteiger partial charge on any atom is -0.396 e. The maximum absolute atomic E-state index is 12.9. The normalized spacial score (nSPS) is 16.5. The fraction of sp³-hybridized carbons (Fsp3) is 0.381. The summed E-state index contributed by atoms with van der Waals surface area (Å²) in [4.78, 5) is 14.9. The Bertz CT molecular complexity index is 687. The van der Waals surface area contributed by atoms with Crippen molar-refractivity contribution in [2.75, 3.05) is 26.2 Å². The number of rotatable bonds is 7. The number of carbonyl (C=O) groups excluding carboxylic acids is 1. The van der Waals surface area contributed by atoms with Crippen LogP contribution >= 0.6 is 0 Å². The van der Waals surface area contributed by atoms with Gasteiger partial charge in [0.05, 0.1) is 6.04 Å². The summed E-state index contributed by atoms with van der Waals surface area (Å²) in [6.45, 7) is 2.33. The topological polar surface area (TPSA) is 52.6 Å². The second kappa shape index (κ2) is 8.79. The van der Waals surface area contributed by atoms with Crippen LogP contribution in [0.25, 0.3) is 0 Å². The molecule has 2 N–H and O–H groups in total. The lowest BCUT2D eigenvalue weighted by Gasteiger charge is -2.38. The summed E-state index contributed by atoms with van der Waals surface area (Å²) in [5, 5.41) is 12.0. The molecule has 3 rings (SSSR count). The van der Waals surface area contributed by atoms with Crippen molar-refractivity contribution in [3.63, 3.8) is 0 Å². The fourth-order valence-corrected chi connectivity index (χ4v) is 3.50. The maximum Gasteiger partial charge on any atom is 0.224 e. The van der Waals surface area contributed by atoms with Crippen LogP contribution < -0.4 is 5.32 Å². The largest absolute Gasteiger partial charge is 0.396 e. The van der Waals surface area contributed by atoms with E-state index in [2.05, 4.69) is 41.7 Å². The van der Waals surface area contributed by atoms with E-state index < -0.39 is 0 Å². The van der Waals surface area contributed by atoms with Gasteiger partial charge in [-0.05, 0) is 36.1 Å². The lowest BCUT2D eigenvalue weighted by molar-refractivity contribution is -0.133. The summed E-state index contributed by atoms with van der Waals surface area (Å²) in [5.74, 6) is 0.180. The Kier molecular flexibility index (Phi) is 6.20. The average molecular weight is 338 g/mol. The molecule has 1 atom stereocenters. The number of nitrogens with one attached hydrogen (secondary N) is 1. The van der Waals surface area contributed by atoms with Crippen LogP contribution in [0.3, 0.4) is 0 Å². The summed E-state index contributed by atoms with van der Waals surface area (Å²) in [6, 6.07) is 18.7. The zero-order valence-electron chi connectivity index (χ0n) is 14.5. The summed E-state index contributed by atoms with van der Waals surface area (Å²) in [7, 11) is 0. The zero-order valence-corrected chi connectivity index (χ0v) is 14.5. The molecule has 4 heteroatoms. The molecule has 1 amide bonds. The molecule has 1 heterocycles. The van der Waals surface area contributed by atoms with Crippen LogP contribution in [-0.4, -0.2) is 42.2 Å². The molecule has 25 heavy (non-hydrogen) atoms. The first kappa shape index (κ1) is 17.6. The number of carbonyl (C=O) groups is 1. The summed E-state index contributed by atoms with van der Waals surface area (Å²) in [6.07, 6.45) is 2.11. The first-order valence-electron chi connectivity index (χ1n) is 9.05. The molecule has 0 radical (unpaired) electrons. The molecule has 0 spiro atoms. The highest BCUT2D eigenvalue weighted by atomic mass is 16.3. The van der Waals surface area contributed by atoms with Gasteiger partial charge in [0.25, 0.3) is 0 Å². The molecule has 0 saturated carbocycles. The average Bonchev–Trinajstić information content (AvgIpc) is 2.67. The third kappa shape index (κ3) is 4.27. The highest BCUT2D eigenvalue weighted by Crippen LogP contribution is 2.35. The Labute approximate surface area is 149 Å². The first-order valence-corrected chi connectivity index (χ1v) is 9.05. The van der Waals surface area contributed by atoms with Crippen LogP contribution in [0.2, 0.25) is 0 Å². The number of fused-ring (bicyclic) bond motifs is 1. The number of hydrogen-bond donors (Lipinski definition) is 2. The molecule has 0 fully saturated rings. The summed E-state index contributed by atoms with van der Waals surface area (Å²) < 4.78 is 0. The van der Waals surface area contributed by atoms with E-state index in [0.29, 0.717) is 13.0 Å². The lowest BCUT2D eigenvalue weighted by Crippen LogP contribution is -2.41. The van der Waals surface area contributed by atoms with E-state index in [1.54, 1.807) is 0 Å². The van der Waals surface area contributed by atoms with Crippen molar-refractivity contribution >= 4 is 5.91 Å². The highest BCUT2D eigenvalue weighted by Gasteiger charge is 2.31. The van der Waals surface area contributed by atoms with Gasteiger partial charge in [0.1, 0.15) is 0 Å². The van der Waals surface area contributed by atoms with Gasteiger partial charge < -0.3 is 15.3 Å². The number of hydrogen-bond acceptors (Lipinski definition) is 3. The van der Waals surface area contributed by atoms with E-state index in [4.69, 9.17) is 5.11 Å². The Morgan fingerprint density at radius 3 is 2.64 bits per heavy atom. The molecule has 132 valence electrons. The van der Waals surface area contributed by atoms with Gasteiger partial charge in [-0.1, -0.05) is 54.6 Å². The van der Waals surface area contributed by atoms with Gasteiger partial charge in [-0.2, -0.15) is 0 Å². The molecule has 2 aromatic rings. The van der Waals surface area contributed by atoms with Crippen LogP contribution in [0.15, 0.2) is 54.6 Å². The Morgan fingerprint density at radius 2 is 1.84 bits per heavy atom. The SMILES string of the molecule is O=C(CCNCCCO)N1CCc2ccccc2[C@@H]1c1ccccc1. The number of amides is 1. The molecular formula is C21H26N2O2. The van der Waals surface area contributed by atoms with Crippen LogP contribution in [0.5, 0.6) is 0 Å². The molecule has 0 saturated heterocycles. The van der Waals surface area contributed by atoms with E-state index in [1.165, 1.54) is 11.1 Å². The maximum atomic E-state index is 12.9. The molecule has 0 aromatic heterocycles. The third-order valence-corrected chi connectivity index (χ3v) is 4.75. The van der Waals surface area contributed by atoms with Crippen LogP contribution in [0.4, 0.5) is 0 Å². The van der Waals surface area contributed by atoms with E-state index in [1.807, 2.05) is 23.1 Å². The fourth-order valence-electron chi connectivity index (χ4n) is 3.50. The monoisotopic (exact) mass is 338 g/mol. The predicted molar refractivity (Wildman–Crippen MR) is 99.3 cm³/mol. The van der Waals surface area contributed by atoms with Gasteiger partial charge in [-0.15, -0.1) is 0 Å². The Balaban J connectivity index is 1.77. The highest BCUT2D eigenvalue weighted by molar-refractivity contribution is 5.78. The Hall–Kier alpha value is -2.17. The van der Waals surface area contributed by atoms with E-state index in [-0.39, 0.29) is 18.6 Å². The van der Waals surface area contributed by atoms with Gasteiger partial charge in [-0.3, -0.25) is 4.79 Å². The van der Waals surface area contributed by atoms with E-state index in [9.17, 15) is 4.79 Å². The lowest BCUT2D eigenvalue weighted by atomic mass is 9.88. The smallest absolute Gasteiger partial charge is 0.224 e. The molecule has 0 unspecified atom stereocenters. The molecular weight excluding hydrogens is 312 g/mol. The molecule has 1 aliphatic heterocycles. The first-order chi connectivity index (χ1) is 12.3. The number of aliphatic hydroxyl groups is 1. The van der Waals surface area contributed by atoms with Crippen LogP contribution in [-0.2, 0) is 11.2 Å². The number of benzene rings is 2. The van der Waals surface area contributed by atoms with E-state index >= 15 is 0 Å². The van der Waals surface area contributed by atoms with Crippen molar-refractivity contribution in [1.82, 2.24) is 10.2 Å². The van der Waals surface area contributed by atoms with Crippen LogP contribution in [0.1, 0.15) is 35.6 Å². The van der Waals surface area contributed by atoms with Crippen molar-refractivity contribution < 1.29 is 9.90 Å². The molecule has 4 nitrogen and oxygen atoms in total. The van der Waals surface area contributed by atoms with Crippen LogP contribution in [0, 0.1) is 0 Å². The second-order valence-electron chi connectivity index (χ2n) is 6.43. The zero-order chi connectivity index (χ0) is 17.5. The van der Waals surface area contributed by atoms with Crippen molar-refractivity contribution in [2.24, 2.45) is 0 Å². The van der Waals surface area contributed by atoms with Crippen molar-refractivity contribution in [1.29, 1.82) is 0 Å². The minimum atomic E-state index is -0.00362. The van der Waals surface area contributed by atoms with Gasteiger partial charge in [0, 0.05) is 26.1 Å². The quantitative estimate of drug-likeness (QED) is 0.763. The summed E-state index contributed by atoms with van der Waals surface area (Å²) >= 11 is 0. The van der Waals surface area contributed by atoms with Crippen molar-refractivity contribution in [3.8, 4) is 0 Å². The van der Waals surface area contributed by atoms with Gasteiger partial charge >= 0.3 is 0 Å². The summed E-state index contributed by atoms with van der Waals surface area (Å²) in [5.41, 5.74) is 3.74. The molecule has 0 bridgehead atoms.